The molecular formula is C14H13ClF3NO3. The smallest absolute Gasteiger partial charge is 0.430 e. The van der Waals surface area contributed by atoms with Gasteiger partial charge in [0.2, 0.25) is 6.10 Å². The van der Waals surface area contributed by atoms with Crippen molar-refractivity contribution < 1.29 is 27.4 Å². The van der Waals surface area contributed by atoms with E-state index in [4.69, 9.17) is 22.1 Å². The van der Waals surface area contributed by atoms with Crippen LogP contribution in [0.4, 0.5) is 13.2 Å². The first-order valence-corrected chi connectivity index (χ1v) is 6.80. The van der Waals surface area contributed by atoms with Gasteiger partial charge in [0.1, 0.15) is 5.75 Å². The number of benzene rings is 1. The van der Waals surface area contributed by atoms with Crippen LogP contribution in [0.5, 0.6) is 5.75 Å². The predicted molar refractivity (Wildman–Crippen MR) is 74.4 cm³/mol. The zero-order valence-electron chi connectivity index (χ0n) is 11.5. The van der Waals surface area contributed by atoms with Crippen molar-refractivity contribution in [2.45, 2.75) is 25.7 Å². The highest BCUT2D eigenvalue weighted by atomic mass is 35.5. The molecule has 1 aromatic carbocycles. The maximum atomic E-state index is 13.1. The van der Waals surface area contributed by atoms with Crippen LogP contribution >= 0.6 is 11.6 Å². The van der Waals surface area contributed by atoms with E-state index in [1.54, 1.807) is 0 Å². The second-order valence-corrected chi connectivity index (χ2v) is 4.95. The van der Waals surface area contributed by atoms with Gasteiger partial charge in [-0.1, -0.05) is 11.6 Å². The number of ether oxygens (including phenoxy) is 2. The summed E-state index contributed by atoms with van der Waals surface area (Å²) < 4.78 is 49.0. The van der Waals surface area contributed by atoms with Crippen molar-refractivity contribution in [3.05, 3.63) is 33.9 Å². The molecule has 0 fully saturated rings. The van der Waals surface area contributed by atoms with Gasteiger partial charge >= 0.3 is 12.1 Å². The Labute approximate surface area is 129 Å². The minimum absolute atomic E-state index is 0.0276. The molecule has 0 radical (unpaired) electrons. The van der Waals surface area contributed by atoms with Gasteiger partial charge in [-0.25, -0.2) is 4.79 Å². The van der Waals surface area contributed by atoms with Crippen LogP contribution in [-0.4, -0.2) is 24.9 Å². The summed E-state index contributed by atoms with van der Waals surface area (Å²) in [5.41, 5.74) is 5.58. The molecule has 0 saturated heterocycles. The second-order valence-electron chi connectivity index (χ2n) is 4.55. The number of esters is 1. The number of carbonyl (C=O) groups excluding carboxylic acids is 1. The molecule has 1 unspecified atom stereocenters. The van der Waals surface area contributed by atoms with Gasteiger partial charge < -0.3 is 15.2 Å². The number of rotatable bonds is 3. The molecule has 1 aromatic rings. The highest BCUT2D eigenvalue weighted by Gasteiger charge is 2.48. The standard InChI is InChI=1S/C14H13ClF3NO3/c1-2-21-13(20)9-3-7-4-10(15)8(6-19)5-11(7)22-12(9)14(16,17)18/h3-5,12H,2,6,19H2,1H3. The third-order valence-corrected chi connectivity index (χ3v) is 3.40. The molecule has 8 heteroatoms. The van der Waals surface area contributed by atoms with Crippen LogP contribution < -0.4 is 10.5 Å². The lowest BCUT2D eigenvalue weighted by molar-refractivity contribution is -0.187. The molecule has 2 N–H and O–H groups in total. The van der Waals surface area contributed by atoms with E-state index in [0.29, 0.717) is 5.56 Å². The molecule has 1 atom stereocenters. The summed E-state index contributed by atoms with van der Waals surface area (Å²) in [7, 11) is 0. The van der Waals surface area contributed by atoms with Crippen molar-refractivity contribution in [1.82, 2.24) is 0 Å². The third-order valence-electron chi connectivity index (χ3n) is 3.05. The van der Waals surface area contributed by atoms with Crippen LogP contribution in [0.3, 0.4) is 0 Å². The van der Waals surface area contributed by atoms with Crippen molar-refractivity contribution in [1.29, 1.82) is 0 Å². The SMILES string of the molecule is CCOC(=O)C1=Cc2cc(Cl)c(CN)cc2OC1C(F)(F)F. The Kier molecular flexibility index (Phi) is 4.67. The molecule has 0 saturated carbocycles. The molecule has 0 bridgehead atoms. The summed E-state index contributed by atoms with van der Waals surface area (Å²) in [6, 6.07) is 2.75. The fourth-order valence-electron chi connectivity index (χ4n) is 2.04. The van der Waals surface area contributed by atoms with Crippen LogP contribution in [0.15, 0.2) is 17.7 Å². The quantitative estimate of drug-likeness (QED) is 0.862. The highest BCUT2D eigenvalue weighted by molar-refractivity contribution is 6.31. The molecule has 4 nitrogen and oxygen atoms in total. The van der Waals surface area contributed by atoms with E-state index >= 15 is 0 Å². The van der Waals surface area contributed by atoms with Gasteiger partial charge in [-0.2, -0.15) is 13.2 Å². The Morgan fingerprint density at radius 1 is 1.45 bits per heavy atom. The van der Waals surface area contributed by atoms with Crippen molar-refractivity contribution in [2.75, 3.05) is 6.61 Å². The van der Waals surface area contributed by atoms with Crippen molar-refractivity contribution in [2.24, 2.45) is 5.73 Å². The lowest BCUT2D eigenvalue weighted by atomic mass is 10.00. The van der Waals surface area contributed by atoms with Gasteiger partial charge in [-0.3, -0.25) is 0 Å². The molecule has 0 spiro atoms. The Balaban J connectivity index is 2.53. The third kappa shape index (κ3) is 3.20. The zero-order chi connectivity index (χ0) is 16.5. The van der Waals surface area contributed by atoms with Gasteiger partial charge in [-0.15, -0.1) is 0 Å². The summed E-state index contributed by atoms with van der Waals surface area (Å²) in [5, 5.41) is 0.287. The molecule has 0 aromatic heterocycles. The van der Waals surface area contributed by atoms with Gasteiger partial charge in [-0.05, 0) is 30.7 Å². The number of nitrogens with two attached hydrogens (primary N) is 1. The van der Waals surface area contributed by atoms with E-state index in [1.165, 1.54) is 19.1 Å². The summed E-state index contributed by atoms with van der Waals surface area (Å²) in [5.74, 6) is -1.10. The van der Waals surface area contributed by atoms with E-state index in [0.717, 1.165) is 6.08 Å². The summed E-state index contributed by atoms with van der Waals surface area (Å²) in [4.78, 5) is 11.7. The average molecular weight is 336 g/mol. The van der Waals surface area contributed by atoms with Crippen molar-refractivity contribution in [3.63, 3.8) is 0 Å². The van der Waals surface area contributed by atoms with Gasteiger partial charge in [0.15, 0.2) is 0 Å². The van der Waals surface area contributed by atoms with Gasteiger partial charge in [0.05, 0.1) is 12.2 Å². The van der Waals surface area contributed by atoms with Gasteiger partial charge in [0, 0.05) is 17.1 Å². The van der Waals surface area contributed by atoms with E-state index in [1.807, 2.05) is 0 Å². The second kappa shape index (κ2) is 6.18. The Hall–Kier alpha value is -1.73. The van der Waals surface area contributed by atoms with E-state index < -0.39 is 23.8 Å². The Bertz CT molecular complexity index is 628. The molecule has 120 valence electrons. The lowest BCUT2D eigenvalue weighted by Crippen LogP contribution is -2.40. The van der Waals surface area contributed by atoms with E-state index in [-0.39, 0.29) is 29.5 Å². The molecule has 1 aliphatic heterocycles. The zero-order valence-corrected chi connectivity index (χ0v) is 12.3. The number of hydrogen-bond acceptors (Lipinski definition) is 4. The molecule has 0 aliphatic carbocycles. The lowest BCUT2D eigenvalue weighted by Gasteiger charge is -2.28. The van der Waals surface area contributed by atoms with Crippen LogP contribution in [0.1, 0.15) is 18.1 Å². The van der Waals surface area contributed by atoms with Crippen molar-refractivity contribution >= 4 is 23.6 Å². The van der Waals surface area contributed by atoms with Crippen LogP contribution in [-0.2, 0) is 16.1 Å². The fraction of sp³-hybridized carbons (Fsp3) is 0.357. The largest absolute Gasteiger partial charge is 0.475 e. The first-order chi connectivity index (χ1) is 10.3. The molecule has 1 heterocycles. The molecule has 2 rings (SSSR count). The fourth-order valence-corrected chi connectivity index (χ4v) is 2.29. The first kappa shape index (κ1) is 16.6. The maximum Gasteiger partial charge on any atom is 0.430 e. The first-order valence-electron chi connectivity index (χ1n) is 6.42. The average Bonchev–Trinajstić information content (AvgIpc) is 2.44. The molecule has 1 aliphatic rings. The monoisotopic (exact) mass is 335 g/mol. The summed E-state index contributed by atoms with van der Waals surface area (Å²) in [6.45, 7) is 1.52. The van der Waals surface area contributed by atoms with Crippen LogP contribution in [0.25, 0.3) is 6.08 Å². The minimum Gasteiger partial charge on any atom is -0.475 e. The number of fused-ring (bicyclic) bond motifs is 1. The van der Waals surface area contributed by atoms with Crippen LogP contribution in [0, 0.1) is 0 Å². The number of carbonyl (C=O) groups is 1. The van der Waals surface area contributed by atoms with E-state index in [2.05, 4.69) is 4.74 Å². The normalized spacial score (nSPS) is 17.4. The highest BCUT2D eigenvalue weighted by Crippen LogP contribution is 2.39. The number of alkyl halides is 3. The summed E-state index contributed by atoms with van der Waals surface area (Å²) in [6.07, 6.45) is -6.05. The predicted octanol–water partition coefficient (Wildman–Crippen LogP) is 3.07. The van der Waals surface area contributed by atoms with Crippen LogP contribution in [0.2, 0.25) is 5.02 Å². The Morgan fingerprint density at radius 2 is 2.14 bits per heavy atom. The Morgan fingerprint density at radius 3 is 2.68 bits per heavy atom. The van der Waals surface area contributed by atoms with Crippen molar-refractivity contribution in [3.8, 4) is 5.75 Å². The molecular weight excluding hydrogens is 323 g/mol. The minimum atomic E-state index is -4.75. The molecule has 0 amide bonds. The maximum absolute atomic E-state index is 13.1. The molecule has 22 heavy (non-hydrogen) atoms. The van der Waals surface area contributed by atoms with Gasteiger partial charge in [0.25, 0.3) is 0 Å². The van der Waals surface area contributed by atoms with E-state index in [9.17, 15) is 18.0 Å². The summed E-state index contributed by atoms with van der Waals surface area (Å²) >= 11 is 5.97. The number of hydrogen-bond donors (Lipinski definition) is 1. The topological polar surface area (TPSA) is 61.5 Å². The number of halogens is 4.